The smallest absolute Gasteiger partial charge is 0.387 e. The number of hydrogen-bond donors (Lipinski definition) is 1. The molecule has 1 heterocycles. The Balaban J connectivity index is 1.69. The highest BCUT2D eigenvalue weighted by Gasteiger charge is 2.18. The molecular formula is C20H15F3N2O6. The number of ether oxygens (including phenoxy) is 2. The van der Waals surface area contributed by atoms with E-state index in [0.29, 0.717) is 11.6 Å². The minimum atomic E-state index is -3.21. The van der Waals surface area contributed by atoms with Gasteiger partial charge in [0, 0.05) is 12.1 Å². The Morgan fingerprint density at radius 1 is 1.16 bits per heavy atom. The second kappa shape index (κ2) is 9.20. The van der Waals surface area contributed by atoms with E-state index in [1.807, 2.05) is 0 Å². The summed E-state index contributed by atoms with van der Waals surface area (Å²) >= 11 is 0. The Morgan fingerprint density at radius 3 is 2.65 bits per heavy atom. The van der Waals surface area contributed by atoms with Crippen molar-refractivity contribution in [1.29, 1.82) is 0 Å². The molecule has 0 aliphatic carbocycles. The van der Waals surface area contributed by atoms with E-state index in [1.54, 1.807) is 13.0 Å². The number of furan rings is 1. The van der Waals surface area contributed by atoms with Crippen LogP contribution in [0, 0.1) is 22.9 Å². The van der Waals surface area contributed by atoms with Gasteiger partial charge in [0.15, 0.2) is 17.3 Å². The van der Waals surface area contributed by atoms with Crippen molar-refractivity contribution in [1.82, 2.24) is 0 Å². The van der Waals surface area contributed by atoms with Gasteiger partial charge in [-0.3, -0.25) is 14.9 Å². The molecule has 0 saturated heterocycles. The van der Waals surface area contributed by atoms with E-state index in [4.69, 9.17) is 9.15 Å². The van der Waals surface area contributed by atoms with Crippen LogP contribution in [0.1, 0.15) is 21.9 Å². The number of hydrogen-bond acceptors (Lipinski definition) is 6. The van der Waals surface area contributed by atoms with E-state index >= 15 is 0 Å². The number of aryl methyl sites for hydroxylation is 1. The van der Waals surface area contributed by atoms with Crippen LogP contribution in [0.15, 0.2) is 52.9 Å². The van der Waals surface area contributed by atoms with Gasteiger partial charge in [-0.25, -0.2) is 4.39 Å². The summed E-state index contributed by atoms with van der Waals surface area (Å²) in [4.78, 5) is 22.9. The molecule has 0 radical (unpaired) electrons. The largest absolute Gasteiger partial charge is 0.479 e. The van der Waals surface area contributed by atoms with E-state index in [-0.39, 0.29) is 35.3 Å². The number of anilines is 1. The van der Waals surface area contributed by atoms with Gasteiger partial charge in [-0.05, 0) is 42.8 Å². The first-order valence-electron chi connectivity index (χ1n) is 8.75. The number of nitrogens with zero attached hydrogens (tertiary/aromatic N) is 1. The Morgan fingerprint density at radius 2 is 1.94 bits per heavy atom. The fourth-order valence-electron chi connectivity index (χ4n) is 2.60. The Labute approximate surface area is 173 Å². The van der Waals surface area contributed by atoms with Crippen LogP contribution in [-0.2, 0) is 6.61 Å². The molecule has 1 aromatic heterocycles. The Kier molecular flexibility index (Phi) is 6.43. The monoisotopic (exact) mass is 436 g/mol. The third-order valence-electron chi connectivity index (χ3n) is 3.97. The van der Waals surface area contributed by atoms with E-state index in [0.717, 1.165) is 12.1 Å². The van der Waals surface area contributed by atoms with Crippen molar-refractivity contribution >= 4 is 17.3 Å². The highest BCUT2D eigenvalue weighted by molar-refractivity contribution is 6.03. The zero-order chi connectivity index (χ0) is 22.5. The molecular weight excluding hydrogens is 421 g/mol. The molecule has 8 nitrogen and oxygen atoms in total. The number of amides is 1. The van der Waals surface area contributed by atoms with Gasteiger partial charge in [-0.1, -0.05) is 6.07 Å². The number of carbonyl (C=O) groups excluding carboxylic acids is 1. The zero-order valence-corrected chi connectivity index (χ0v) is 15.9. The van der Waals surface area contributed by atoms with Gasteiger partial charge in [-0.15, -0.1) is 0 Å². The van der Waals surface area contributed by atoms with Crippen molar-refractivity contribution in [3.63, 3.8) is 0 Å². The van der Waals surface area contributed by atoms with E-state index in [1.165, 1.54) is 24.3 Å². The van der Waals surface area contributed by atoms with Crippen LogP contribution in [0.25, 0.3) is 0 Å². The van der Waals surface area contributed by atoms with Crippen LogP contribution >= 0.6 is 0 Å². The van der Waals surface area contributed by atoms with Crippen molar-refractivity contribution in [3.05, 3.63) is 81.5 Å². The molecule has 0 aliphatic heterocycles. The van der Waals surface area contributed by atoms with Gasteiger partial charge < -0.3 is 19.2 Å². The minimum Gasteiger partial charge on any atom is -0.479 e. The van der Waals surface area contributed by atoms with Gasteiger partial charge in [-0.2, -0.15) is 8.78 Å². The summed E-state index contributed by atoms with van der Waals surface area (Å²) in [5, 5.41) is 13.4. The third-order valence-corrected chi connectivity index (χ3v) is 3.97. The summed E-state index contributed by atoms with van der Waals surface area (Å²) < 4.78 is 53.2. The molecule has 1 N–H and O–H groups in total. The Bertz CT molecular complexity index is 1120. The average Bonchev–Trinajstić information content (AvgIpc) is 3.17. The highest BCUT2D eigenvalue weighted by atomic mass is 19.3. The van der Waals surface area contributed by atoms with Crippen molar-refractivity contribution < 1.29 is 36.8 Å². The van der Waals surface area contributed by atoms with E-state index < -0.39 is 29.0 Å². The zero-order valence-electron chi connectivity index (χ0n) is 15.9. The molecule has 0 bridgehead atoms. The summed E-state index contributed by atoms with van der Waals surface area (Å²) in [5.41, 5.74) is 0.288. The van der Waals surface area contributed by atoms with Crippen molar-refractivity contribution in [2.75, 3.05) is 5.32 Å². The lowest BCUT2D eigenvalue weighted by Crippen LogP contribution is -2.13. The predicted octanol–water partition coefficient (Wildman–Crippen LogP) is 5.07. The quantitative estimate of drug-likeness (QED) is 0.391. The number of rotatable bonds is 8. The first-order chi connectivity index (χ1) is 14.7. The number of benzene rings is 2. The van der Waals surface area contributed by atoms with Crippen molar-refractivity contribution in [2.24, 2.45) is 0 Å². The summed E-state index contributed by atoms with van der Waals surface area (Å²) in [7, 11) is 0. The number of nitro groups is 1. The molecule has 0 atom stereocenters. The lowest BCUT2D eigenvalue weighted by molar-refractivity contribution is -0.386. The maximum Gasteiger partial charge on any atom is 0.387 e. The molecule has 0 fully saturated rings. The first kappa shape index (κ1) is 21.7. The van der Waals surface area contributed by atoms with Gasteiger partial charge >= 0.3 is 12.3 Å². The minimum absolute atomic E-state index is 0.0260. The lowest BCUT2D eigenvalue weighted by Gasteiger charge is -2.11. The number of nitro benzene ring substituents is 1. The van der Waals surface area contributed by atoms with Crippen molar-refractivity contribution in [2.45, 2.75) is 20.1 Å². The summed E-state index contributed by atoms with van der Waals surface area (Å²) in [6.45, 7) is -1.71. The first-order valence-corrected chi connectivity index (χ1v) is 8.75. The molecule has 11 heteroatoms. The maximum absolute atomic E-state index is 13.3. The molecule has 0 spiro atoms. The van der Waals surface area contributed by atoms with Gasteiger partial charge in [0.1, 0.15) is 18.2 Å². The number of alkyl halides is 2. The van der Waals surface area contributed by atoms with Crippen LogP contribution in [0.3, 0.4) is 0 Å². The molecule has 0 aliphatic rings. The maximum atomic E-state index is 13.3. The van der Waals surface area contributed by atoms with Crippen LogP contribution < -0.4 is 14.8 Å². The fraction of sp³-hybridized carbons (Fsp3) is 0.150. The van der Waals surface area contributed by atoms with E-state index in [9.17, 15) is 28.1 Å². The number of nitrogens with one attached hydrogen (secondary N) is 1. The molecule has 3 rings (SSSR count). The Hall–Kier alpha value is -4.02. The molecule has 1 amide bonds. The van der Waals surface area contributed by atoms with Crippen LogP contribution in [0.2, 0.25) is 0 Å². The second-order valence-corrected chi connectivity index (χ2v) is 6.26. The SMILES string of the molecule is Cc1ccc(OCc2ccc(C(=O)Nc3ccc(F)cc3OC(F)F)o2)c([N+](=O)[O-])c1. The highest BCUT2D eigenvalue weighted by Crippen LogP contribution is 2.29. The van der Waals surface area contributed by atoms with Gasteiger partial charge in [0.25, 0.3) is 5.91 Å². The third kappa shape index (κ3) is 5.53. The van der Waals surface area contributed by atoms with Gasteiger partial charge in [0.05, 0.1) is 10.6 Å². The van der Waals surface area contributed by atoms with Gasteiger partial charge in [0.2, 0.25) is 0 Å². The topological polar surface area (TPSA) is 104 Å². The molecule has 3 aromatic rings. The molecule has 0 saturated carbocycles. The van der Waals surface area contributed by atoms with Crippen LogP contribution in [-0.4, -0.2) is 17.4 Å². The number of halogens is 3. The summed E-state index contributed by atoms with van der Waals surface area (Å²) in [6.07, 6.45) is 0. The standard InChI is InChI=1S/C20H15F3N2O6/c1-11-2-6-16(15(8-11)25(27)28)29-10-13-4-7-17(30-13)19(26)24-14-5-3-12(21)9-18(14)31-20(22)23/h2-9,20H,10H2,1H3,(H,24,26). The second-order valence-electron chi connectivity index (χ2n) is 6.26. The normalized spacial score (nSPS) is 10.7. The van der Waals surface area contributed by atoms with Crippen LogP contribution in [0.5, 0.6) is 11.5 Å². The molecule has 2 aromatic carbocycles. The lowest BCUT2D eigenvalue weighted by atomic mass is 10.2. The molecule has 31 heavy (non-hydrogen) atoms. The number of carbonyl (C=O) groups is 1. The van der Waals surface area contributed by atoms with Crippen LogP contribution in [0.4, 0.5) is 24.5 Å². The fourth-order valence-corrected chi connectivity index (χ4v) is 2.60. The summed E-state index contributed by atoms with van der Waals surface area (Å²) in [5.74, 6) is -2.16. The summed E-state index contributed by atoms with van der Waals surface area (Å²) in [6, 6.07) is 9.90. The molecule has 0 unspecified atom stereocenters. The van der Waals surface area contributed by atoms with E-state index in [2.05, 4.69) is 10.1 Å². The molecule has 162 valence electrons. The predicted molar refractivity (Wildman–Crippen MR) is 102 cm³/mol. The van der Waals surface area contributed by atoms with Crippen molar-refractivity contribution in [3.8, 4) is 11.5 Å². The average molecular weight is 436 g/mol.